The molecular weight excluding hydrogens is 348 g/mol. The van der Waals surface area contributed by atoms with E-state index >= 15 is 0 Å². The van der Waals surface area contributed by atoms with E-state index in [1.165, 1.54) is 6.07 Å². The second-order valence-corrected chi connectivity index (χ2v) is 6.01. The van der Waals surface area contributed by atoms with Crippen LogP contribution in [0.25, 0.3) is 10.9 Å². The normalized spacial score (nSPS) is 11.7. The lowest BCUT2D eigenvalue weighted by Crippen LogP contribution is -2.42. The molecule has 7 nitrogen and oxygen atoms in total. The number of carbonyl (C=O) groups is 2. The van der Waals surface area contributed by atoms with Gasteiger partial charge < -0.3 is 20.1 Å². The van der Waals surface area contributed by atoms with Crippen molar-refractivity contribution in [3.05, 3.63) is 82.1 Å². The van der Waals surface area contributed by atoms with Crippen LogP contribution in [0.3, 0.4) is 0 Å². The van der Waals surface area contributed by atoms with E-state index in [0.29, 0.717) is 11.1 Å². The van der Waals surface area contributed by atoms with Crippen molar-refractivity contribution >= 4 is 23.0 Å². The first-order valence-electron chi connectivity index (χ1n) is 8.34. The van der Waals surface area contributed by atoms with Crippen LogP contribution in [0.1, 0.15) is 11.1 Å². The van der Waals surface area contributed by atoms with Crippen molar-refractivity contribution < 1.29 is 19.4 Å². The molecule has 0 aliphatic rings. The fraction of sp³-hybridized carbons (Fsp3) is 0.150. The molecule has 0 saturated carbocycles. The fourth-order valence-corrected chi connectivity index (χ4v) is 2.77. The van der Waals surface area contributed by atoms with Crippen LogP contribution in [0.15, 0.2) is 65.5 Å². The van der Waals surface area contributed by atoms with Crippen molar-refractivity contribution in [2.45, 2.75) is 19.1 Å². The molecule has 0 bridgehead atoms. The van der Waals surface area contributed by atoms with Crippen LogP contribution in [0.4, 0.5) is 4.79 Å². The zero-order chi connectivity index (χ0) is 19.2. The summed E-state index contributed by atoms with van der Waals surface area (Å²) >= 11 is 0. The molecule has 0 spiro atoms. The summed E-state index contributed by atoms with van der Waals surface area (Å²) in [6.45, 7) is 0.0347. The highest BCUT2D eigenvalue weighted by molar-refractivity contribution is 5.84. The Labute approximate surface area is 154 Å². The summed E-state index contributed by atoms with van der Waals surface area (Å²) < 4.78 is 5.08. The number of amides is 1. The number of benzene rings is 2. The number of carbonyl (C=O) groups excluding carboxylic acids is 1. The third-order valence-electron chi connectivity index (χ3n) is 4.06. The topological polar surface area (TPSA) is 108 Å². The number of hydrogen-bond donors (Lipinski definition) is 3. The average Bonchev–Trinajstić information content (AvgIpc) is 2.66. The summed E-state index contributed by atoms with van der Waals surface area (Å²) in [7, 11) is 0. The lowest BCUT2D eigenvalue weighted by molar-refractivity contribution is -0.139. The number of aromatic amines is 1. The van der Waals surface area contributed by atoms with Gasteiger partial charge in [0.05, 0.1) is 0 Å². The second-order valence-electron chi connectivity index (χ2n) is 6.01. The van der Waals surface area contributed by atoms with Gasteiger partial charge in [0.25, 0.3) is 0 Å². The van der Waals surface area contributed by atoms with Crippen LogP contribution in [-0.4, -0.2) is 28.2 Å². The summed E-state index contributed by atoms with van der Waals surface area (Å²) in [5.74, 6) is -1.21. The third-order valence-corrected chi connectivity index (χ3v) is 4.06. The number of pyridine rings is 1. The molecule has 2 aromatic carbocycles. The number of carboxylic acid groups (broad SMARTS) is 1. The summed E-state index contributed by atoms with van der Waals surface area (Å²) in [4.78, 5) is 38.1. The van der Waals surface area contributed by atoms with Crippen LogP contribution in [0.5, 0.6) is 0 Å². The molecule has 1 heterocycles. The van der Waals surface area contributed by atoms with Crippen LogP contribution >= 0.6 is 0 Å². The Morgan fingerprint density at radius 3 is 2.52 bits per heavy atom. The standard InChI is InChI=1S/C20H18N2O5/c23-18-11-14(15-8-4-5-9-16(15)21-18)10-17(19(24)25)22-20(26)27-12-13-6-2-1-3-7-13/h1-9,11,17H,10,12H2,(H,21,23)(H,22,26)(H,24,25). The smallest absolute Gasteiger partial charge is 0.408 e. The summed E-state index contributed by atoms with van der Waals surface area (Å²) in [6, 6.07) is 16.3. The first kappa shape index (κ1) is 18.2. The highest BCUT2D eigenvalue weighted by Gasteiger charge is 2.22. The van der Waals surface area contributed by atoms with Gasteiger partial charge in [0.15, 0.2) is 0 Å². The average molecular weight is 366 g/mol. The molecule has 3 N–H and O–H groups in total. The van der Waals surface area contributed by atoms with Crippen molar-refractivity contribution in [1.29, 1.82) is 0 Å². The number of aromatic nitrogens is 1. The van der Waals surface area contributed by atoms with Gasteiger partial charge in [0, 0.05) is 23.4 Å². The van der Waals surface area contributed by atoms with Gasteiger partial charge in [-0.15, -0.1) is 0 Å². The van der Waals surface area contributed by atoms with E-state index in [-0.39, 0.29) is 18.6 Å². The number of fused-ring (bicyclic) bond motifs is 1. The van der Waals surface area contributed by atoms with Crippen LogP contribution in [0, 0.1) is 0 Å². The first-order chi connectivity index (χ1) is 13.0. The number of hydrogen-bond acceptors (Lipinski definition) is 4. The van der Waals surface area contributed by atoms with Crippen molar-refractivity contribution in [3.63, 3.8) is 0 Å². The van der Waals surface area contributed by atoms with E-state index in [2.05, 4.69) is 10.3 Å². The van der Waals surface area contributed by atoms with E-state index in [0.717, 1.165) is 10.9 Å². The Hall–Kier alpha value is -3.61. The largest absolute Gasteiger partial charge is 0.480 e. The number of para-hydroxylation sites is 1. The van der Waals surface area contributed by atoms with Crippen LogP contribution in [0.2, 0.25) is 0 Å². The second kappa shape index (κ2) is 8.18. The lowest BCUT2D eigenvalue weighted by atomic mass is 10.0. The van der Waals surface area contributed by atoms with Crippen LogP contribution < -0.4 is 10.9 Å². The Morgan fingerprint density at radius 1 is 1.07 bits per heavy atom. The molecular formula is C20H18N2O5. The molecule has 0 aliphatic carbocycles. The van der Waals surface area contributed by atoms with Gasteiger partial charge >= 0.3 is 12.1 Å². The fourth-order valence-electron chi connectivity index (χ4n) is 2.77. The van der Waals surface area contributed by atoms with Crippen molar-refractivity contribution in [2.75, 3.05) is 0 Å². The molecule has 0 aliphatic heterocycles. The zero-order valence-electron chi connectivity index (χ0n) is 14.3. The Bertz CT molecular complexity index is 1010. The molecule has 1 atom stereocenters. The number of carboxylic acids is 1. The minimum Gasteiger partial charge on any atom is -0.480 e. The van der Waals surface area contributed by atoms with E-state index in [4.69, 9.17) is 4.74 Å². The molecule has 27 heavy (non-hydrogen) atoms. The first-order valence-corrected chi connectivity index (χ1v) is 8.34. The molecule has 138 valence electrons. The van der Waals surface area contributed by atoms with Crippen molar-refractivity contribution in [3.8, 4) is 0 Å². The maximum Gasteiger partial charge on any atom is 0.408 e. The van der Waals surface area contributed by atoms with Gasteiger partial charge in [0.1, 0.15) is 12.6 Å². The molecule has 1 amide bonds. The van der Waals surface area contributed by atoms with Crippen molar-refractivity contribution in [1.82, 2.24) is 10.3 Å². The predicted molar refractivity (Wildman–Crippen MR) is 99.5 cm³/mol. The minimum absolute atomic E-state index is 0.0347. The quantitative estimate of drug-likeness (QED) is 0.621. The molecule has 1 aromatic heterocycles. The summed E-state index contributed by atoms with van der Waals surface area (Å²) in [6.07, 6.45) is -0.874. The minimum atomic E-state index is -1.22. The van der Waals surface area contributed by atoms with Gasteiger partial charge in [-0.3, -0.25) is 4.79 Å². The molecule has 0 radical (unpaired) electrons. The Kier molecular flexibility index (Phi) is 5.51. The maximum atomic E-state index is 12.0. The molecule has 0 saturated heterocycles. The number of alkyl carbamates (subject to hydrolysis) is 1. The SMILES string of the molecule is O=C(NC(Cc1cc(=O)[nH]c2ccccc12)C(=O)O)OCc1ccccc1. The number of aliphatic carboxylic acids is 1. The number of rotatable bonds is 6. The third kappa shape index (κ3) is 4.72. The Balaban J connectivity index is 1.72. The molecule has 7 heteroatoms. The predicted octanol–water partition coefficient (Wildman–Crippen LogP) is 2.45. The summed E-state index contributed by atoms with van der Waals surface area (Å²) in [5, 5.41) is 12.5. The van der Waals surface area contributed by atoms with Gasteiger partial charge in [-0.05, 0) is 17.2 Å². The molecule has 0 fully saturated rings. The van der Waals surface area contributed by atoms with E-state index in [1.54, 1.807) is 36.4 Å². The number of ether oxygens (including phenoxy) is 1. The monoisotopic (exact) mass is 366 g/mol. The van der Waals surface area contributed by atoms with Crippen molar-refractivity contribution in [2.24, 2.45) is 0 Å². The van der Waals surface area contributed by atoms with Crippen LogP contribution in [-0.2, 0) is 22.6 Å². The molecule has 3 aromatic rings. The van der Waals surface area contributed by atoms with Gasteiger partial charge in [-0.1, -0.05) is 48.5 Å². The highest BCUT2D eigenvalue weighted by Crippen LogP contribution is 2.16. The van der Waals surface area contributed by atoms with E-state index < -0.39 is 18.1 Å². The van der Waals surface area contributed by atoms with E-state index in [1.807, 2.05) is 18.2 Å². The Morgan fingerprint density at radius 2 is 1.78 bits per heavy atom. The zero-order valence-corrected chi connectivity index (χ0v) is 14.3. The van der Waals surface area contributed by atoms with Gasteiger partial charge in [-0.2, -0.15) is 0 Å². The lowest BCUT2D eigenvalue weighted by Gasteiger charge is -2.16. The summed E-state index contributed by atoms with van der Waals surface area (Å²) in [5.41, 5.74) is 1.60. The molecule has 1 unspecified atom stereocenters. The number of nitrogens with one attached hydrogen (secondary N) is 2. The van der Waals surface area contributed by atoms with Gasteiger partial charge in [-0.25, -0.2) is 9.59 Å². The molecule has 3 rings (SSSR count). The number of H-pyrrole nitrogens is 1. The van der Waals surface area contributed by atoms with E-state index in [9.17, 15) is 19.5 Å². The highest BCUT2D eigenvalue weighted by atomic mass is 16.5. The maximum absolute atomic E-state index is 12.0. The van der Waals surface area contributed by atoms with Gasteiger partial charge in [0.2, 0.25) is 5.56 Å².